The Morgan fingerprint density at radius 1 is 1.30 bits per heavy atom. The van der Waals surface area contributed by atoms with Gasteiger partial charge < -0.3 is 15.2 Å². The van der Waals surface area contributed by atoms with Crippen LogP contribution in [0.1, 0.15) is 38.6 Å². The Hall–Kier alpha value is -3.35. The monoisotopic (exact) mass is 422 g/mol. The van der Waals surface area contributed by atoms with Crippen LogP contribution in [-0.2, 0) is 10.9 Å². The zero-order valence-electron chi connectivity index (χ0n) is 16.7. The summed E-state index contributed by atoms with van der Waals surface area (Å²) in [5.74, 6) is -1.01. The molecule has 2 N–H and O–H groups in total. The van der Waals surface area contributed by atoms with Gasteiger partial charge in [0.1, 0.15) is 17.4 Å². The lowest BCUT2D eigenvalue weighted by Crippen LogP contribution is -2.33. The molecule has 1 atom stereocenters. The highest BCUT2D eigenvalue weighted by Crippen LogP contribution is 2.30. The molecule has 1 heterocycles. The molecule has 0 saturated carbocycles. The number of ether oxygens (including phenoxy) is 2. The van der Waals surface area contributed by atoms with E-state index in [1.807, 2.05) is 13.0 Å². The fraction of sp³-hybridized carbons (Fsp3) is 0.400. The molecule has 7 nitrogen and oxygen atoms in total. The third kappa shape index (κ3) is 6.34. The molecule has 10 heteroatoms. The van der Waals surface area contributed by atoms with Crippen LogP contribution in [0, 0.1) is 17.2 Å². The van der Waals surface area contributed by atoms with Gasteiger partial charge in [-0.25, -0.2) is 14.8 Å². The third-order valence-electron chi connectivity index (χ3n) is 4.05. The Morgan fingerprint density at radius 2 is 2.00 bits per heavy atom. The molecule has 0 aliphatic carbocycles. The molecule has 160 valence electrons. The van der Waals surface area contributed by atoms with E-state index in [4.69, 9.17) is 15.2 Å². The Balaban J connectivity index is 2.14. The highest BCUT2D eigenvalue weighted by atomic mass is 19.4. The lowest BCUT2D eigenvalue weighted by Gasteiger charge is -2.27. The van der Waals surface area contributed by atoms with Gasteiger partial charge in [-0.05, 0) is 50.5 Å². The van der Waals surface area contributed by atoms with Gasteiger partial charge in [0.05, 0.1) is 17.9 Å². The Labute approximate surface area is 171 Å². The standard InChI is InChI=1S/C20H21F3N4O3/c1-12(9-19(2,3)30-18(25)28)11-29-16-5-4-13(8-14(16)10-24)15-6-7-26-17(27-15)20(21,22)23/h4-8,12H,9,11H2,1-3H3,(H2,25,28)/t12-/m0/s1. The van der Waals surface area contributed by atoms with Crippen molar-refractivity contribution in [2.75, 3.05) is 6.61 Å². The number of primary amides is 1. The van der Waals surface area contributed by atoms with E-state index in [1.54, 1.807) is 13.8 Å². The molecule has 0 bridgehead atoms. The normalized spacial score (nSPS) is 12.7. The Morgan fingerprint density at radius 3 is 2.60 bits per heavy atom. The third-order valence-corrected chi connectivity index (χ3v) is 4.05. The summed E-state index contributed by atoms with van der Waals surface area (Å²) in [6.45, 7) is 5.55. The first kappa shape index (κ1) is 22.9. The largest absolute Gasteiger partial charge is 0.492 e. The van der Waals surface area contributed by atoms with Crippen molar-refractivity contribution >= 4 is 6.09 Å². The second kappa shape index (κ2) is 8.98. The molecular weight excluding hydrogens is 401 g/mol. The van der Waals surface area contributed by atoms with Crippen molar-refractivity contribution in [2.24, 2.45) is 11.7 Å². The van der Waals surface area contributed by atoms with E-state index in [0.717, 1.165) is 6.20 Å². The second-order valence-corrected chi connectivity index (χ2v) is 7.39. The van der Waals surface area contributed by atoms with Crippen molar-refractivity contribution in [1.29, 1.82) is 5.26 Å². The van der Waals surface area contributed by atoms with Crippen LogP contribution in [0.2, 0.25) is 0 Å². The van der Waals surface area contributed by atoms with Crippen molar-refractivity contribution in [3.05, 3.63) is 41.9 Å². The Bertz CT molecular complexity index is 955. The number of nitrogens with two attached hydrogens (primary N) is 1. The van der Waals surface area contributed by atoms with E-state index >= 15 is 0 Å². The molecule has 30 heavy (non-hydrogen) atoms. The molecule has 0 aliphatic heterocycles. The van der Waals surface area contributed by atoms with Crippen molar-refractivity contribution in [1.82, 2.24) is 9.97 Å². The van der Waals surface area contributed by atoms with Crippen LogP contribution in [0.4, 0.5) is 18.0 Å². The van der Waals surface area contributed by atoms with Crippen molar-refractivity contribution in [3.63, 3.8) is 0 Å². The minimum absolute atomic E-state index is 0.0400. The topological polar surface area (TPSA) is 111 Å². The SMILES string of the molecule is C[C@H](COc1ccc(-c2ccnc(C(F)(F)F)n2)cc1C#N)CC(C)(C)OC(N)=O. The van der Waals surface area contributed by atoms with Gasteiger partial charge in [0.25, 0.3) is 0 Å². The van der Waals surface area contributed by atoms with Gasteiger partial charge in [0, 0.05) is 11.8 Å². The summed E-state index contributed by atoms with van der Waals surface area (Å²) < 4.78 is 49.2. The van der Waals surface area contributed by atoms with Gasteiger partial charge in [-0.2, -0.15) is 18.4 Å². The Kier molecular flexibility index (Phi) is 6.87. The first-order valence-electron chi connectivity index (χ1n) is 8.97. The fourth-order valence-corrected chi connectivity index (χ4v) is 3.00. The van der Waals surface area contributed by atoms with Crippen LogP contribution in [0.25, 0.3) is 11.3 Å². The van der Waals surface area contributed by atoms with Crippen molar-refractivity contribution in [3.8, 4) is 23.1 Å². The molecule has 1 aromatic carbocycles. The van der Waals surface area contributed by atoms with E-state index < -0.39 is 23.7 Å². The zero-order valence-corrected chi connectivity index (χ0v) is 16.7. The van der Waals surface area contributed by atoms with Gasteiger partial charge in [-0.3, -0.25) is 0 Å². The number of alkyl halides is 3. The van der Waals surface area contributed by atoms with E-state index in [2.05, 4.69) is 9.97 Å². The molecule has 2 rings (SSSR count). The van der Waals surface area contributed by atoms with Crippen LogP contribution in [0.15, 0.2) is 30.5 Å². The second-order valence-electron chi connectivity index (χ2n) is 7.39. The maximum atomic E-state index is 12.8. The highest BCUT2D eigenvalue weighted by molar-refractivity contribution is 5.65. The summed E-state index contributed by atoms with van der Waals surface area (Å²) in [6, 6.07) is 7.72. The first-order valence-corrected chi connectivity index (χ1v) is 8.97. The highest BCUT2D eigenvalue weighted by Gasteiger charge is 2.34. The predicted molar refractivity (Wildman–Crippen MR) is 101 cm³/mol. The minimum atomic E-state index is -4.67. The minimum Gasteiger partial charge on any atom is -0.492 e. The number of rotatable bonds is 7. The van der Waals surface area contributed by atoms with Gasteiger partial charge >= 0.3 is 12.3 Å². The quantitative estimate of drug-likeness (QED) is 0.712. The number of aromatic nitrogens is 2. The van der Waals surface area contributed by atoms with E-state index in [-0.39, 0.29) is 29.5 Å². The van der Waals surface area contributed by atoms with Gasteiger partial charge in [0.15, 0.2) is 0 Å². The molecule has 0 aliphatic rings. The lowest BCUT2D eigenvalue weighted by molar-refractivity contribution is -0.144. The van der Waals surface area contributed by atoms with Crippen LogP contribution >= 0.6 is 0 Å². The van der Waals surface area contributed by atoms with E-state index in [9.17, 15) is 23.2 Å². The van der Waals surface area contributed by atoms with Crippen molar-refractivity contribution < 1.29 is 27.4 Å². The van der Waals surface area contributed by atoms with Crippen LogP contribution in [0.5, 0.6) is 5.75 Å². The van der Waals surface area contributed by atoms with Crippen LogP contribution in [0.3, 0.4) is 0 Å². The molecule has 0 fully saturated rings. The maximum Gasteiger partial charge on any atom is 0.451 e. The number of nitrogens with zero attached hydrogens (tertiary/aromatic N) is 3. The summed E-state index contributed by atoms with van der Waals surface area (Å²) in [4.78, 5) is 17.7. The molecule has 0 radical (unpaired) electrons. The summed E-state index contributed by atoms with van der Waals surface area (Å²) in [6.07, 6.45) is -4.05. The lowest BCUT2D eigenvalue weighted by atomic mass is 9.95. The number of carbonyl (C=O) groups is 1. The van der Waals surface area contributed by atoms with Crippen LogP contribution in [-0.4, -0.2) is 28.3 Å². The number of carbonyl (C=O) groups excluding carboxylic acids is 1. The summed E-state index contributed by atoms with van der Waals surface area (Å²) in [5.41, 5.74) is 4.80. The molecule has 1 aromatic heterocycles. The number of hydrogen-bond acceptors (Lipinski definition) is 6. The van der Waals surface area contributed by atoms with E-state index in [0.29, 0.717) is 12.0 Å². The number of benzene rings is 1. The fourth-order valence-electron chi connectivity index (χ4n) is 3.00. The molecule has 0 saturated heterocycles. The maximum absolute atomic E-state index is 12.8. The van der Waals surface area contributed by atoms with E-state index in [1.165, 1.54) is 24.3 Å². The smallest absolute Gasteiger partial charge is 0.451 e. The molecule has 2 aromatic rings. The molecule has 0 unspecified atom stereocenters. The molecular formula is C20H21F3N4O3. The number of amides is 1. The molecule has 0 spiro atoms. The molecule has 1 amide bonds. The van der Waals surface area contributed by atoms with Gasteiger partial charge in [-0.15, -0.1) is 0 Å². The number of nitriles is 1. The summed E-state index contributed by atoms with van der Waals surface area (Å²) >= 11 is 0. The first-order chi connectivity index (χ1) is 13.9. The van der Waals surface area contributed by atoms with Crippen molar-refractivity contribution in [2.45, 2.75) is 39.0 Å². The number of hydrogen-bond donors (Lipinski definition) is 1. The van der Waals surface area contributed by atoms with Gasteiger partial charge in [0.2, 0.25) is 5.82 Å². The summed E-state index contributed by atoms with van der Waals surface area (Å²) in [7, 11) is 0. The number of halogens is 3. The zero-order chi connectivity index (χ0) is 22.5. The van der Waals surface area contributed by atoms with Crippen LogP contribution < -0.4 is 10.5 Å². The predicted octanol–water partition coefficient (Wildman–Crippen LogP) is 4.31. The average Bonchev–Trinajstić information content (AvgIpc) is 2.64. The average molecular weight is 422 g/mol. The summed E-state index contributed by atoms with van der Waals surface area (Å²) in [5, 5.41) is 9.41. The van der Waals surface area contributed by atoms with Gasteiger partial charge in [-0.1, -0.05) is 6.92 Å².